The van der Waals surface area contributed by atoms with Gasteiger partial charge in [-0.1, -0.05) is 76.2 Å². The van der Waals surface area contributed by atoms with E-state index >= 15 is 0 Å². The third-order valence-electron chi connectivity index (χ3n) is 6.38. The highest BCUT2D eigenvalue weighted by atomic mass is 32.2. The Labute approximate surface area is 238 Å². The lowest BCUT2D eigenvalue weighted by atomic mass is 9.83. The van der Waals surface area contributed by atoms with Crippen LogP contribution >= 0.6 is 0 Å². The molecule has 0 aromatic heterocycles. The van der Waals surface area contributed by atoms with Gasteiger partial charge in [0.25, 0.3) is 0 Å². The molecule has 0 bridgehead atoms. The van der Waals surface area contributed by atoms with Crippen LogP contribution in [0.25, 0.3) is 11.1 Å². The zero-order valence-corrected chi connectivity index (χ0v) is 25.6. The van der Waals surface area contributed by atoms with Crippen molar-refractivity contribution in [3.8, 4) is 11.1 Å². The fourth-order valence-electron chi connectivity index (χ4n) is 4.66. The Balaban J connectivity index is 0.000000344. The molecule has 3 aromatic rings. The Kier molecular flexibility index (Phi) is 12.5. The van der Waals surface area contributed by atoms with Gasteiger partial charge in [0.1, 0.15) is 11.0 Å². The molecule has 3 aromatic carbocycles. The number of rotatable bonds is 10. The first kappa shape index (κ1) is 32.4. The summed E-state index contributed by atoms with van der Waals surface area (Å²) in [6.45, 7) is 10.5. The Morgan fingerprint density at radius 3 is 1.77 bits per heavy atom. The van der Waals surface area contributed by atoms with Crippen LogP contribution in [0.2, 0.25) is 0 Å². The molecular formula is C32H46N4O2S. The van der Waals surface area contributed by atoms with E-state index in [0.717, 1.165) is 18.7 Å². The molecule has 0 spiro atoms. The van der Waals surface area contributed by atoms with Crippen LogP contribution in [0.3, 0.4) is 0 Å². The summed E-state index contributed by atoms with van der Waals surface area (Å²) in [6, 6.07) is 20.6. The average Bonchev–Trinajstić information content (AvgIpc) is 2.84. The minimum absolute atomic E-state index is 0.269. The van der Waals surface area contributed by atoms with E-state index in [4.69, 9.17) is 10.9 Å². The Morgan fingerprint density at radius 1 is 0.821 bits per heavy atom. The predicted octanol–water partition coefficient (Wildman–Crippen LogP) is 5.42. The maximum Gasteiger partial charge on any atom is 0.221 e. The van der Waals surface area contributed by atoms with E-state index in [-0.39, 0.29) is 5.91 Å². The van der Waals surface area contributed by atoms with Crippen molar-refractivity contribution in [1.82, 2.24) is 9.80 Å². The predicted molar refractivity (Wildman–Crippen MR) is 165 cm³/mol. The summed E-state index contributed by atoms with van der Waals surface area (Å²) in [7, 11) is 6.83. The van der Waals surface area contributed by atoms with Gasteiger partial charge in [-0.15, -0.1) is 0 Å². The zero-order valence-electron chi connectivity index (χ0n) is 24.8. The lowest BCUT2D eigenvalue weighted by Crippen LogP contribution is -2.17. The van der Waals surface area contributed by atoms with Crippen LogP contribution in [0.1, 0.15) is 67.3 Å². The number of hydrogen-bond donors (Lipinski definition) is 2. The number of nitrogens with zero attached hydrogens (tertiary/aromatic N) is 2. The molecule has 39 heavy (non-hydrogen) atoms. The number of nitrogens with two attached hydrogens (primary N) is 2. The lowest BCUT2D eigenvalue weighted by molar-refractivity contribution is -0.117. The molecule has 7 heteroatoms. The van der Waals surface area contributed by atoms with E-state index in [1.165, 1.54) is 33.4 Å². The van der Waals surface area contributed by atoms with E-state index in [0.29, 0.717) is 23.2 Å². The molecule has 1 amide bonds. The van der Waals surface area contributed by atoms with Crippen molar-refractivity contribution < 1.29 is 9.00 Å². The summed E-state index contributed by atoms with van der Waals surface area (Å²) in [6.07, 6.45) is 0.306. The van der Waals surface area contributed by atoms with Gasteiger partial charge in [0.05, 0.1) is 11.3 Å². The summed E-state index contributed by atoms with van der Waals surface area (Å²) in [5, 5.41) is 5.23. The molecule has 0 fully saturated rings. The van der Waals surface area contributed by atoms with Gasteiger partial charge in [-0.25, -0.2) is 9.35 Å². The first-order chi connectivity index (χ1) is 18.3. The third-order valence-corrected chi connectivity index (χ3v) is 7.12. The van der Waals surface area contributed by atoms with E-state index in [1.54, 1.807) is 12.1 Å². The monoisotopic (exact) mass is 550 g/mol. The number of carbonyl (C=O) groups excluding carboxylic acids is 1. The molecule has 1 unspecified atom stereocenters. The second-order valence-corrected chi connectivity index (χ2v) is 12.2. The molecule has 212 valence electrons. The number of amides is 1. The van der Waals surface area contributed by atoms with Crippen molar-refractivity contribution in [2.45, 2.75) is 63.9 Å². The highest BCUT2D eigenvalue weighted by Crippen LogP contribution is 2.35. The minimum atomic E-state index is -1.36. The molecule has 3 rings (SSSR count). The first-order valence-electron chi connectivity index (χ1n) is 13.4. The van der Waals surface area contributed by atoms with Crippen molar-refractivity contribution in [1.29, 1.82) is 0 Å². The summed E-state index contributed by atoms with van der Waals surface area (Å²) in [4.78, 5) is 16.6. The van der Waals surface area contributed by atoms with Gasteiger partial charge >= 0.3 is 0 Å². The second-order valence-electron chi connectivity index (χ2n) is 11.2. The Bertz CT molecular complexity index is 1220. The summed E-state index contributed by atoms with van der Waals surface area (Å²) < 4.78 is 10.9. The molecular weight excluding hydrogens is 504 g/mol. The quantitative estimate of drug-likeness (QED) is 0.353. The van der Waals surface area contributed by atoms with Gasteiger partial charge in [-0.05, 0) is 91.1 Å². The number of hydrogen-bond acceptors (Lipinski definition) is 4. The molecule has 0 radical (unpaired) electrons. The van der Waals surface area contributed by atoms with Crippen molar-refractivity contribution in [3.63, 3.8) is 0 Å². The summed E-state index contributed by atoms with van der Waals surface area (Å²) in [5.74, 6) is 0.403. The van der Waals surface area contributed by atoms with E-state index in [2.05, 4.69) is 88.0 Å². The normalized spacial score (nSPS) is 12.1. The fraction of sp³-hybridized carbons (Fsp3) is 0.406. The number of benzene rings is 3. The SMILES string of the molecule is CC(C)c1cc(-c2ccccc2CN(C)C)cc(C(C)C)c1CC(N)=O.CN(C)Cc1ccc(S(N)=O)cc1. The lowest BCUT2D eigenvalue weighted by Gasteiger charge is -2.22. The van der Waals surface area contributed by atoms with Gasteiger partial charge in [0.2, 0.25) is 5.91 Å². The molecule has 0 saturated carbocycles. The van der Waals surface area contributed by atoms with Crippen LogP contribution < -0.4 is 10.9 Å². The van der Waals surface area contributed by atoms with Gasteiger partial charge < -0.3 is 15.5 Å². The van der Waals surface area contributed by atoms with E-state index < -0.39 is 11.0 Å². The Hall–Kier alpha value is -2.84. The smallest absolute Gasteiger partial charge is 0.221 e. The van der Waals surface area contributed by atoms with Crippen molar-refractivity contribution in [2.24, 2.45) is 10.9 Å². The summed E-state index contributed by atoms with van der Waals surface area (Å²) in [5.41, 5.74) is 14.1. The Morgan fingerprint density at radius 2 is 1.33 bits per heavy atom. The van der Waals surface area contributed by atoms with E-state index in [9.17, 15) is 9.00 Å². The van der Waals surface area contributed by atoms with Crippen LogP contribution in [0.5, 0.6) is 0 Å². The molecule has 1 atom stereocenters. The van der Waals surface area contributed by atoms with Gasteiger partial charge in [-0.3, -0.25) is 4.79 Å². The molecule has 0 saturated heterocycles. The van der Waals surface area contributed by atoms with Crippen LogP contribution in [-0.4, -0.2) is 48.1 Å². The molecule has 6 nitrogen and oxygen atoms in total. The minimum Gasteiger partial charge on any atom is -0.369 e. The van der Waals surface area contributed by atoms with Crippen LogP contribution in [0.4, 0.5) is 0 Å². The number of carbonyl (C=O) groups is 1. The first-order valence-corrected chi connectivity index (χ1v) is 14.6. The largest absolute Gasteiger partial charge is 0.369 e. The molecule has 0 aliphatic heterocycles. The van der Waals surface area contributed by atoms with E-state index in [1.807, 2.05) is 26.2 Å². The fourth-order valence-corrected chi connectivity index (χ4v) is 5.06. The molecule has 0 heterocycles. The third kappa shape index (κ3) is 10.0. The van der Waals surface area contributed by atoms with Crippen LogP contribution in [0.15, 0.2) is 65.6 Å². The van der Waals surface area contributed by atoms with Crippen molar-refractivity contribution in [3.05, 3.63) is 88.5 Å². The highest BCUT2D eigenvalue weighted by Gasteiger charge is 2.19. The zero-order chi connectivity index (χ0) is 29.3. The average molecular weight is 551 g/mol. The standard InChI is InChI=1S/C23H32N2O.C9H14N2OS/c1-15(2)20-11-18(12-21(16(3)4)22(20)13-23(24)26)19-10-8-7-9-17(19)14-25(5)6;1-11(2)7-8-3-5-9(6-4-8)13(10)12/h7-12,15-16H,13-14H2,1-6H3,(H2,24,26);3-6H,7,10H2,1-2H3. The van der Waals surface area contributed by atoms with Crippen molar-refractivity contribution in [2.75, 3.05) is 28.2 Å². The van der Waals surface area contributed by atoms with Gasteiger partial charge in [0.15, 0.2) is 0 Å². The molecule has 0 aliphatic rings. The number of primary amides is 1. The maximum atomic E-state index is 11.7. The van der Waals surface area contributed by atoms with Crippen LogP contribution in [-0.2, 0) is 35.3 Å². The highest BCUT2D eigenvalue weighted by molar-refractivity contribution is 7.82. The molecule has 4 N–H and O–H groups in total. The van der Waals surface area contributed by atoms with Gasteiger partial charge in [-0.2, -0.15) is 0 Å². The topological polar surface area (TPSA) is 92.7 Å². The van der Waals surface area contributed by atoms with Gasteiger partial charge in [0, 0.05) is 13.1 Å². The summed E-state index contributed by atoms with van der Waals surface area (Å²) >= 11 is 0. The van der Waals surface area contributed by atoms with Crippen LogP contribution in [0, 0.1) is 0 Å². The second kappa shape index (κ2) is 15.1. The molecule has 0 aliphatic carbocycles. The van der Waals surface area contributed by atoms with Crippen molar-refractivity contribution >= 4 is 16.9 Å². The maximum absolute atomic E-state index is 11.7.